The number of hydrogen-bond acceptors (Lipinski definition) is 5. The van der Waals surface area contributed by atoms with E-state index >= 15 is 0 Å². The Morgan fingerprint density at radius 3 is 2.82 bits per heavy atom. The van der Waals surface area contributed by atoms with Gasteiger partial charge in [-0.15, -0.1) is 10.2 Å². The number of aromatic nitrogens is 2. The Morgan fingerprint density at radius 2 is 2.35 bits per heavy atom. The number of carbonyl (C=O) groups is 1. The fourth-order valence-electron chi connectivity index (χ4n) is 2.40. The van der Waals surface area contributed by atoms with Crippen molar-refractivity contribution in [3.05, 3.63) is 5.51 Å². The molecule has 0 amide bonds. The highest BCUT2D eigenvalue weighted by Gasteiger charge is 2.42. The van der Waals surface area contributed by atoms with Gasteiger partial charge in [0.25, 0.3) is 0 Å². The summed E-state index contributed by atoms with van der Waals surface area (Å²) in [4.78, 5) is 11.5. The predicted molar refractivity (Wildman–Crippen MR) is 66.1 cm³/mol. The molecule has 1 aliphatic rings. The molecule has 0 spiro atoms. The number of aliphatic carboxylic acids is 1. The fraction of sp³-hybridized carbons (Fsp3) is 0.727. The first-order chi connectivity index (χ1) is 8.16. The molecule has 1 aromatic rings. The summed E-state index contributed by atoms with van der Waals surface area (Å²) >= 11 is 1.34. The molecule has 0 atom stereocenters. The smallest absolute Gasteiger partial charge is 0.329 e. The Hall–Kier alpha value is -1.17. The van der Waals surface area contributed by atoms with Gasteiger partial charge in [0.2, 0.25) is 5.13 Å². The van der Waals surface area contributed by atoms with Crippen molar-refractivity contribution in [2.45, 2.75) is 44.6 Å². The summed E-state index contributed by atoms with van der Waals surface area (Å²) in [6.45, 7) is 2.16. The quantitative estimate of drug-likeness (QED) is 0.864. The third-order valence-corrected chi connectivity index (χ3v) is 4.26. The van der Waals surface area contributed by atoms with Crippen molar-refractivity contribution in [3.8, 4) is 0 Å². The minimum absolute atomic E-state index is 0.599. The molecule has 94 valence electrons. The maximum Gasteiger partial charge on any atom is 0.329 e. The van der Waals surface area contributed by atoms with Crippen molar-refractivity contribution >= 4 is 22.4 Å². The van der Waals surface area contributed by atoms with Crippen LogP contribution in [0.3, 0.4) is 0 Å². The number of nitrogens with zero attached hydrogens (tertiary/aromatic N) is 2. The van der Waals surface area contributed by atoms with E-state index in [0.717, 1.165) is 19.3 Å². The van der Waals surface area contributed by atoms with Crippen molar-refractivity contribution in [2.75, 3.05) is 5.32 Å². The van der Waals surface area contributed by atoms with E-state index in [9.17, 15) is 9.90 Å². The summed E-state index contributed by atoms with van der Waals surface area (Å²) in [7, 11) is 0. The minimum Gasteiger partial charge on any atom is -0.480 e. The van der Waals surface area contributed by atoms with E-state index in [1.807, 2.05) is 0 Å². The van der Waals surface area contributed by atoms with Crippen molar-refractivity contribution in [2.24, 2.45) is 5.92 Å². The molecule has 17 heavy (non-hydrogen) atoms. The van der Waals surface area contributed by atoms with Crippen LogP contribution in [-0.4, -0.2) is 26.8 Å². The van der Waals surface area contributed by atoms with Crippen LogP contribution in [0.5, 0.6) is 0 Å². The molecule has 1 saturated carbocycles. The number of nitrogens with one attached hydrogen (secondary N) is 1. The molecule has 1 aliphatic carbocycles. The standard InChI is InChI=1S/C11H17N3O2S/c1-2-8-3-5-11(6-4-8,9(15)16)13-10-14-12-7-17-10/h7-8H,2-6H2,1H3,(H,13,14)(H,15,16). The first-order valence-corrected chi connectivity index (χ1v) is 6.82. The van der Waals surface area contributed by atoms with Crippen LogP contribution in [0.1, 0.15) is 39.0 Å². The molecule has 6 heteroatoms. The Bertz CT molecular complexity index is 372. The molecule has 1 aromatic heterocycles. The molecule has 5 nitrogen and oxygen atoms in total. The number of carboxylic acids is 1. The van der Waals surface area contributed by atoms with E-state index in [4.69, 9.17) is 0 Å². The third-order valence-electron chi connectivity index (χ3n) is 3.65. The van der Waals surface area contributed by atoms with Gasteiger partial charge >= 0.3 is 5.97 Å². The second kappa shape index (κ2) is 5.00. The molecule has 1 heterocycles. The SMILES string of the molecule is CCC1CCC(Nc2nncs2)(C(=O)O)CC1. The lowest BCUT2D eigenvalue weighted by molar-refractivity contribution is -0.143. The average molecular weight is 255 g/mol. The highest BCUT2D eigenvalue weighted by Crippen LogP contribution is 2.36. The van der Waals surface area contributed by atoms with Gasteiger partial charge in [0.1, 0.15) is 11.0 Å². The van der Waals surface area contributed by atoms with Crippen molar-refractivity contribution in [1.29, 1.82) is 0 Å². The summed E-state index contributed by atoms with van der Waals surface area (Å²) < 4.78 is 0. The van der Waals surface area contributed by atoms with E-state index in [1.54, 1.807) is 5.51 Å². The van der Waals surface area contributed by atoms with Gasteiger partial charge in [0.15, 0.2) is 0 Å². The zero-order valence-electron chi connectivity index (χ0n) is 9.85. The van der Waals surface area contributed by atoms with Crippen LogP contribution in [0, 0.1) is 5.92 Å². The molecule has 0 aromatic carbocycles. The van der Waals surface area contributed by atoms with Gasteiger partial charge in [-0.3, -0.25) is 0 Å². The lowest BCUT2D eigenvalue weighted by Crippen LogP contribution is -2.49. The topological polar surface area (TPSA) is 75.1 Å². The predicted octanol–water partition coefficient (Wildman–Crippen LogP) is 2.37. The zero-order chi connectivity index (χ0) is 12.3. The van der Waals surface area contributed by atoms with Gasteiger partial charge in [0, 0.05) is 0 Å². The fourth-order valence-corrected chi connectivity index (χ4v) is 2.95. The summed E-state index contributed by atoms with van der Waals surface area (Å²) in [5, 5.41) is 20.7. The molecule has 0 bridgehead atoms. The second-order valence-electron chi connectivity index (χ2n) is 4.61. The summed E-state index contributed by atoms with van der Waals surface area (Å²) in [5.74, 6) is -0.110. The second-order valence-corrected chi connectivity index (χ2v) is 5.44. The maximum absolute atomic E-state index is 11.5. The largest absolute Gasteiger partial charge is 0.480 e. The van der Waals surface area contributed by atoms with Gasteiger partial charge in [0.05, 0.1) is 0 Å². The van der Waals surface area contributed by atoms with Crippen LogP contribution < -0.4 is 5.32 Å². The summed E-state index contributed by atoms with van der Waals surface area (Å²) in [6.07, 6.45) is 4.40. The van der Waals surface area contributed by atoms with Crippen molar-refractivity contribution < 1.29 is 9.90 Å². The van der Waals surface area contributed by atoms with Crippen LogP contribution in [-0.2, 0) is 4.79 Å². The first-order valence-electron chi connectivity index (χ1n) is 5.94. The van der Waals surface area contributed by atoms with E-state index in [-0.39, 0.29) is 0 Å². The van der Waals surface area contributed by atoms with Crippen molar-refractivity contribution in [1.82, 2.24) is 10.2 Å². The normalized spacial score (nSPS) is 28.9. The van der Waals surface area contributed by atoms with Crippen LogP contribution in [0.4, 0.5) is 5.13 Å². The first kappa shape index (κ1) is 12.3. The highest BCUT2D eigenvalue weighted by molar-refractivity contribution is 7.13. The molecule has 0 aliphatic heterocycles. The molecular formula is C11H17N3O2S. The Labute approximate surface area is 104 Å². The lowest BCUT2D eigenvalue weighted by Gasteiger charge is -2.36. The Kier molecular flexibility index (Phi) is 3.61. The van der Waals surface area contributed by atoms with Gasteiger partial charge in [-0.2, -0.15) is 0 Å². The molecule has 2 rings (SSSR count). The van der Waals surface area contributed by atoms with E-state index in [1.165, 1.54) is 11.3 Å². The van der Waals surface area contributed by atoms with Crippen LogP contribution in [0.2, 0.25) is 0 Å². The lowest BCUT2D eigenvalue weighted by atomic mass is 9.75. The summed E-state index contributed by atoms with van der Waals surface area (Å²) in [5.41, 5.74) is 0.765. The summed E-state index contributed by atoms with van der Waals surface area (Å²) in [6, 6.07) is 0. The highest BCUT2D eigenvalue weighted by atomic mass is 32.1. The van der Waals surface area contributed by atoms with Crippen LogP contribution >= 0.6 is 11.3 Å². The van der Waals surface area contributed by atoms with E-state index in [0.29, 0.717) is 23.9 Å². The number of rotatable bonds is 4. The monoisotopic (exact) mass is 255 g/mol. The molecule has 0 saturated heterocycles. The van der Waals surface area contributed by atoms with Gasteiger partial charge < -0.3 is 10.4 Å². The molecule has 0 radical (unpaired) electrons. The van der Waals surface area contributed by atoms with Gasteiger partial charge in [-0.05, 0) is 31.6 Å². The Morgan fingerprint density at radius 1 is 1.65 bits per heavy atom. The minimum atomic E-state index is -0.842. The number of carboxylic acid groups (broad SMARTS) is 1. The van der Waals surface area contributed by atoms with Gasteiger partial charge in [-0.1, -0.05) is 24.7 Å². The third kappa shape index (κ3) is 2.57. The van der Waals surface area contributed by atoms with E-state index < -0.39 is 11.5 Å². The van der Waals surface area contributed by atoms with Crippen LogP contribution in [0.15, 0.2) is 5.51 Å². The average Bonchev–Trinajstić information content (AvgIpc) is 2.82. The van der Waals surface area contributed by atoms with Crippen LogP contribution in [0.25, 0.3) is 0 Å². The van der Waals surface area contributed by atoms with E-state index in [2.05, 4.69) is 22.4 Å². The zero-order valence-corrected chi connectivity index (χ0v) is 10.7. The number of hydrogen-bond donors (Lipinski definition) is 2. The number of anilines is 1. The molecular weight excluding hydrogens is 238 g/mol. The van der Waals surface area contributed by atoms with Gasteiger partial charge in [-0.25, -0.2) is 4.79 Å². The molecule has 2 N–H and O–H groups in total. The molecule has 1 fully saturated rings. The van der Waals surface area contributed by atoms with Crippen molar-refractivity contribution in [3.63, 3.8) is 0 Å². The Balaban J connectivity index is 2.09. The molecule has 0 unspecified atom stereocenters. The maximum atomic E-state index is 11.5.